The second kappa shape index (κ2) is 4.25. The molecular formula is C13H17N3. The summed E-state index contributed by atoms with van der Waals surface area (Å²) >= 11 is 0. The Labute approximate surface area is 96.5 Å². The van der Waals surface area contributed by atoms with Crippen molar-refractivity contribution < 1.29 is 0 Å². The predicted octanol–water partition coefficient (Wildman–Crippen LogP) is 1.42. The van der Waals surface area contributed by atoms with Gasteiger partial charge in [-0.25, -0.2) is 0 Å². The standard InChI is InChI=1S/C13H17N3/c1-11-2-4-12(5-3-11)8-16-7-6-13(15,9-14)10-16/h2-5H,6-8,10,15H2,1H3. The highest BCUT2D eigenvalue weighted by atomic mass is 15.2. The molecule has 84 valence electrons. The molecule has 1 aliphatic heterocycles. The molecule has 1 heterocycles. The van der Waals surface area contributed by atoms with Crippen LogP contribution in [0.2, 0.25) is 0 Å². The first-order valence-electron chi connectivity index (χ1n) is 5.59. The normalized spacial score (nSPS) is 25.6. The molecule has 1 aromatic rings. The number of aryl methyl sites for hydroxylation is 1. The Hall–Kier alpha value is -1.37. The molecule has 0 spiro atoms. The van der Waals surface area contributed by atoms with E-state index in [1.165, 1.54) is 11.1 Å². The van der Waals surface area contributed by atoms with Gasteiger partial charge in [-0.15, -0.1) is 0 Å². The van der Waals surface area contributed by atoms with Gasteiger partial charge < -0.3 is 5.73 Å². The molecule has 1 aromatic carbocycles. The number of nitriles is 1. The highest BCUT2D eigenvalue weighted by Gasteiger charge is 2.34. The lowest BCUT2D eigenvalue weighted by Crippen LogP contribution is -2.40. The summed E-state index contributed by atoms with van der Waals surface area (Å²) < 4.78 is 0. The monoisotopic (exact) mass is 215 g/mol. The van der Waals surface area contributed by atoms with Crippen LogP contribution in [-0.2, 0) is 6.54 Å². The second-order valence-corrected chi connectivity index (χ2v) is 4.71. The minimum absolute atomic E-state index is 0.634. The predicted molar refractivity (Wildman–Crippen MR) is 63.6 cm³/mol. The number of benzene rings is 1. The SMILES string of the molecule is Cc1ccc(CN2CCC(N)(C#N)C2)cc1. The van der Waals surface area contributed by atoms with Crippen LogP contribution in [0.1, 0.15) is 17.5 Å². The van der Waals surface area contributed by atoms with Crippen molar-refractivity contribution in [2.45, 2.75) is 25.4 Å². The van der Waals surface area contributed by atoms with Crippen LogP contribution in [-0.4, -0.2) is 23.5 Å². The zero-order chi connectivity index (χ0) is 11.6. The van der Waals surface area contributed by atoms with E-state index in [0.717, 1.165) is 19.5 Å². The van der Waals surface area contributed by atoms with Crippen molar-refractivity contribution >= 4 is 0 Å². The van der Waals surface area contributed by atoms with E-state index >= 15 is 0 Å². The fraction of sp³-hybridized carbons (Fsp3) is 0.462. The fourth-order valence-electron chi connectivity index (χ4n) is 2.09. The maximum Gasteiger partial charge on any atom is 0.118 e. The molecule has 3 nitrogen and oxygen atoms in total. The number of hydrogen-bond donors (Lipinski definition) is 1. The molecule has 1 aliphatic rings. The Morgan fingerprint density at radius 3 is 2.69 bits per heavy atom. The van der Waals surface area contributed by atoms with Gasteiger partial charge in [0.1, 0.15) is 5.54 Å². The third kappa shape index (κ3) is 2.41. The van der Waals surface area contributed by atoms with Gasteiger partial charge in [0.25, 0.3) is 0 Å². The van der Waals surface area contributed by atoms with Gasteiger partial charge in [-0.1, -0.05) is 29.8 Å². The van der Waals surface area contributed by atoms with Crippen molar-refractivity contribution in [3.63, 3.8) is 0 Å². The van der Waals surface area contributed by atoms with E-state index < -0.39 is 5.54 Å². The molecule has 1 fully saturated rings. The van der Waals surface area contributed by atoms with Crippen molar-refractivity contribution in [3.8, 4) is 6.07 Å². The quantitative estimate of drug-likeness (QED) is 0.811. The minimum Gasteiger partial charge on any atom is -0.312 e. The van der Waals surface area contributed by atoms with Gasteiger partial charge in [0.2, 0.25) is 0 Å². The highest BCUT2D eigenvalue weighted by Crippen LogP contribution is 2.20. The summed E-state index contributed by atoms with van der Waals surface area (Å²) in [6, 6.07) is 10.7. The van der Waals surface area contributed by atoms with Crippen LogP contribution in [0.15, 0.2) is 24.3 Å². The summed E-state index contributed by atoms with van der Waals surface area (Å²) in [6.07, 6.45) is 0.773. The summed E-state index contributed by atoms with van der Waals surface area (Å²) in [5, 5.41) is 8.94. The molecule has 1 unspecified atom stereocenters. The third-order valence-electron chi connectivity index (χ3n) is 3.13. The first-order chi connectivity index (χ1) is 7.61. The fourth-order valence-corrected chi connectivity index (χ4v) is 2.09. The first kappa shape index (κ1) is 11.1. The van der Waals surface area contributed by atoms with E-state index in [9.17, 15) is 0 Å². The highest BCUT2D eigenvalue weighted by molar-refractivity contribution is 5.22. The Kier molecular flexibility index (Phi) is 2.95. The lowest BCUT2D eigenvalue weighted by atomic mass is 10.0. The van der Waals surface area contributed by atoms with Gasteiger partial charge in [0, 0.05) is 19.6 Å². The number of rotatable bonds is 2. The first-order valence-corrected chi connectivity index (χ1v) is 5.59. The Morgan fingerprint density at radius 2 is 2.12 bits per heavy atom. The zero-order valence-corrected chi connectivity index (χ0v) is 9.61. The largest absolute Gasteiger partial charge is 0.312 e. The van der Waals surface area contributed by atoms with Crippen LogP contribution in [0.4, 0.5) is 0 Å². The van der Waals surface area contributed by atoms with E-state index in [2.05, 4.69) is 42.2 Å². The van der Waals surface area contributed by atoms with Crippen molar-refractivity contribution in [1.29, 1.82) is 5.26 Å². The average Bonchev–Trinajstić information content (AvgIpc) is 2.65. The summed E-state index contributed by atoms with van der Waals surface area (Å²) in [4.78, 5) is 2.24. The van der Waals surface area contributed by atoms with Crippen molar-refractivity contribution in [2.75, 3.05) is 13.1 Å². The van der Waals surface area contributed by atoms with Crippen LogP contribution >= 0.6 is 0 Å². The summed E-state index contributed by atoms with van der Waals surface area (Å²) in [5.74, 6) is 0. The molecular weight excluding hydrogens is 198 g/mol. The molecule has 1 atom stereocenters. The molecule has 0 bridgehead atoms. The van der Waals surface area contributed by atoms with Crippen LogP contribution in [0.3, 0.4) is 0 Å². The van der Waals surface area contributed by atoms with Gasteiger partial charge in [-0.2, -0.15) is 5.26 Å². The lowest BCUT2D eigenvalue weighted by Gasteiger charge is -2.17. The zero-order valence-electron chi connectivity index (χ0n) is 9.61. The van der Waals surface area contributed by atoms with Gasteiger partial charge in [0.05, 0.1) is 6.07 Å². The van der Waals surface area contributed by atoms with Crippen LogP contribution in [0, 0.1) is 18.3 Å². The molecule has 2 N–H and O–H groups in total. The topological polar surface area (TPSA) is 53.0 Å². The summed E-state index contributed by atoms with van der Waals surface area (Å²) in [7, 11) is 0. The van der Waals surface area contributed by atoms with E-state index in [-0.39, 0.29) is 0 Å². The van der Waals surface area contributed by atoms with E-state index in [1.807, 2.05) is 0 Å². The molecule has 2 rings (SSSR count). The van der Waals surface area contributed by atoms with E-state index in [4.69, 9.17) is 11.0 Å². The van der Waals surface area contributed by atoms with Gasteiger partial charge in [-0.05, 0) is 18.9 Å². The molecule has 0 saturated carbocycles. The number of nitrogens with two attached hydrogens (primary N) is 1. The molecule has 1 saturated heterocycles. The van der Waals surface area contributed by atoms with Gasteiger partial charge >= 0.3 is 0 Å². The number of nitrogens with zero attached hydrogens (tertiary/aromatic N) is 2. The average molecular weight is 215 g/mol. The van der Waals surface area contributed by atoms with Gasteiger partial charge in [0.15, 0.2) is 0 Å². The maximum absolute atomic E-state index is 8.94. The van der Waals surface area contributed by atoms with Gasteiger partial charge in [-0.3, -0.25) is 4.90 Å². The molecule has 0 amide bonds. The molecule has 0 radical (unpaired) electrons. The number of likely N-dealkylation sites (tertiary alicyclic amines) is 1. The van der Waals surface area contributed by atoms with E-state index in [0.29, 0.717) is 6.54 Å². The Bertz CT molecular complexity index is 404. The lowest BCUT2D eigenvalue weighted by molar-refractivity contribution is 0.318. The second-order valence-electron chi connectivity index (χ2n) is 4.71. The molecule has 0 aromatic heterocycles. The summed E-state index contributed by atoms with van der Waals surface area (Å²) in [6.45, 7) is 4.57. The minimum atomic E-state index is -0.634. The Balaban J connectivity index is 1.98. The van der Waals surface area contributed by atoms with Crippen LogP contribution < -0.4 is 5.73 Å². The van der Waals surface area contributed by atoms with Crippen molar-refractivity contribution in [1.82, 2.24) is 4.90 Å². The maximum atomic E-state index is 8.94. The molecule has 3 heteroatoms. The van der Waals surface area contributed by atoms with E-state index in [1.54, 1.807) is 0 Å². The molecule has 16 heavy (non-hydrogen) atoms. The van der Waals surface area contributed by atoms with Crippen LogP contribution in [0.5, 0.6) is 0 Å². The smallest absolute Gasteiger partial charge is 0.118 e. The van der Waals surface area contributed by atoms with Crippen molar-refractivity contribution in [2.24, 2.45) is 5.73 Å². The third-order valence-corrected chi connectivity index (χ3v) is 3.13. The Morgan fingerprint density at radius 1 is 1.44 bits per heavy atom. The molecule has 0 aliphatic carbocycles. The summed E-state index contributed by atoms with van der Waals surface area (Å²) in [5.41, 5.74) is 7.85. The van der Waals surface area contributed by atoms with Crippen molar-refractivity contribution in [3.05, 3.63) is 35.4 Å². The number of hydrogen-bond acceptors (Lipinski definition) is 3. The van der Waals surface area contributed by atoms with Crippen LogP contribution in [0.25, 0.3) is 0 Å².